The molecule has 5 heteroatoms. The fourth-order valence-electron chi connectivity index (χ4n) is 3.77. The lowest BCUT2D eigenvalue weighted by Crippen LogP contribution is -2.18. The second-order valence-corrected chi connectivity index (χ2v) is 10.4. The van der Waals surface area contributed by atoms with E-state index in [4.69, 9.17) is 0 Å². The second kappa shape index (κ2) is 9.15. The third-order valence-corrected chi connectivity index (χ3v) is 7.75. The molecule has 0 amide bonds. The van der Waals surface area contributed by atoms with Gasteiger partial charge in [0.25, 0.3) is 0 Å². The molecule has 0 aliphatic carbocycles. The average Bonchev–Trinajstić information content (AvgIpc) is 2.74. The largest absolute Gasteiger partial charge is 0.378 e. The van der Waals surface area contributed by atoms with E-state index in [0.717, 1.165) is 40.0 Å². The number of benzene rings is 3. The summed E-state index contributed by atoms with van der Waals surface area (Å²) in [6.07, 6.45) is 0.757. The summed E-state index contributed by atoms with van der Waals surface area (Å²) >= 11 is 0. The number of nitrogens with zero attached hydrogens (tertiary/aromatic N) is 2. The van der Waals surface area contributed by atoms with E-state index in [9.17, 15) is 8.42 Å². The molecule has 164 valence electrons. The van der Waals surface area contributed by atoms with Crippen LogP contribution in [0, 0.1) is 6.92 Å². The monoisotopic (exact) mass is 436 g/mol. The van der Waals surface area contributed by atoms with Crippen molar-refractivity contribution in [3.8, 4) is 0 Å². The van der Waals surface area contributed by atoms with Crippen LogP contribution in [0.15, 0.2) is 71.6 Å². The molecule has 1 atom stereocenters. The van der Waals surface area contributed by atoms with Gasteiger partial charge >= 0.3 is 0 Å². The van der Waals surface area contributed by atoms with E-state index in [2.05, 4.69) is 13.0 Å². The highest BCUT2D eigenvalue weighted by atomic mass is 32.2. The van der Waals surface area contributed by atoms with E-state index in [1.807, 2.05) is 93.4 Å². The Bertz CT molecular complexity index is 1130. The summed E-state index contributed by atoms with van der Waals surface area (Å²) in [4.78, 5) is 4.40. The third-order valence-electron chi connectivity index (χ3n) is 5.68. The lowest BCUT2D eigenvalue weighted by Gasteiger charge is -2.24. The number of hydrogen-bond acceptors (Lipinski definition) is 4. The first kappa shape index (κ1) is 22.9. The molecule has 31 heavy (non-hydrogen) atoms. The van der Waals surface area contributed by atoms with Gasteiger partial charge in [-0.15, -0.1) is 0 Å². The molecule has 4 nitrogen and oxygen atoms in total. The van der Waals surface area contributed by atoms with Crippen LogP contribution in [0.2, 0.25) is 0 Å². The summed E-state index contributed by atoms with van der Waals surface area (Å²) in [6, 6.07) is 21.0. The molecule has 0 heterocycles. The molecule has 0 aromatic heterocycles. The topological polar surface area (TPSA) is 40.6 Å². The lowest BCUT2D eigenvalue weighted by molar-refractivity contribution is 0.588. The molecule has 3 aromatic carbocycles. The number of anilines is 2. The highest BCUT2D eigenvalue weighted by Gasteiger charge is 2.32. The molecular weight excluding hydrogens is 404 g/mol. The van der Waals surface area contributed by atoms with Crippen LogP contribution in [0.5, 0.6) is 0 Å². The zero-order valence-corrected chi connectivity index (χ0v) is 20.1. The molecule has 0 bridgehead atoms. The van der Waals surface area contributed by atoms with Crippen molar-refractivity contribution in [1.82, 2.24) is 0 Å². The smallest absolute Gasteiger partial charge is 0.189 e. The predicted molar refractivity (Wildman–Crippen MR) is 131 cm³/mol. The Hall–Kier alpha value is -2.79. The fraction of sp³-hybridized carbons (Fsp3) is 0.308. The van der Waals surface area contributed by atoms with Gasteiger partial charge in [0, 0.05) is 39.6 Å². The predicted octanol–water partition coefficient (Wildman–Crippen LogP) is 5.25. The summed E-state index contributed by atoms with van der Waals surface area (Å²) in [6.45, 7) is 4.03. The number of sulfone groups is 1. The van der Waals surface area contributed by atoms with Gasteiger partial charge < -0.3 is 9.80 Å². The highest BCUT2D eigenvalue weighted by Crippen LogP contribution is 2.38. The van der Waals surface area contributed by atoms with Crippen molar-refractivity contribution in [2.24, 2.45) is 0 Å². The van der Waals surface area contributed by atoms with Gasteiger partial charge in [0.05, 0.1) is 4.90 Å². The molecule has 3 aromatic rings. The first-order chi connectivity index (χ1) is 14.6. The van der Waals surface area contributed by atoms with Gasteiger partial charge in [-0.25, -0.2) is 8.42 Å². The normalized spacial score (nSPS) is 12.5. The van der Waals surface area contributed by atoms with Crippen LogP contribution in [0.25, 0.3) is 0 Å². The SMILES string of the molecule is CCc1cc(N(C)C)ccc1C(c1ccc(N(C)C)cc1)S(=O)(=O)c1ccc(C)cc1. The van der Waals surface area contributed by atoms with Gasteiger partial charge in [-0.05, 0) is 66.4 Å². The summed E-state index contributed by atoms with van der Waals surface area (Å²) in [7, 11) is 4.29. The maximum atomic E-state index is 13.9. The van der Waals surface area contributed by atoms with Gasteiger partial charge in [0.15, 0.2) is 9.84 Å². The maximum Gasteiger partial charge on any atom is 0.189 e. The minimum absolute atomic E-state index is 0.346. The van der Waals surface area contributed by atoms with E-state index in [-0.39, 0.29) is 0 Å². The molecule has 0 saturated carbocycles. The highest BCUT2D eigenvalue weighted by molar-refractivity contribution is 7.92. The molecule has 0 spiro atoms. The first-order valence-electron chi connectivity index (χ1n) is 10.5. The van der Waals surface area contributed by atoms with Crippen molar-refractivity contribution >= 4 is 21.2 Å². The Kier molecular flexibility index (Phi) is 6.75. The number of hydrogen-bond donors (Lipinski definition) is 0. The van der Waals surface area contributed by atoms with Crippen LogP contribution >= 0.6 is 0 Å². The zero-order valence-electron chi connectivity index (χ0n) is 19.3. The third kappa shape index (κ3) is 4.77. The quantitative estimate of drug-likeness (QED) is 0.507. The van der Waals surface area contributed by atoms with Crippen molar-refractivity contribution in [2.75, 3.05) is 38.0 Å². The standard InChI is InChI=1S/C26H32N2O2S/c1-7-20-18-23(28(5)6)14-17-25(20)26(21-10-12-22(13-11-21)27(3)4)31(29,30)24-15-8-19(2)9-16-24/h8-18,26H,7H2,1-6H3. The van der Waals surface area contributed by atoms with E-state index in [1.54, 1.807) is 12.1 Å². The average molecular weight is 437 g/mol. The minimum Gasteiger partial charge on any atom is -0.378 e. The molecule has 0 saturated heterocycles. The van der Waals surface area contributed by atoms with Gasteiger partial charge in [-0.1, -0.05) is 42.8 Å². The molecule has 0 radical (unpaired) electrons. The van der Waals surface area contributed by atoms with Crippen LogP contribution in [0.3, 0.4) is 0 Å². The van der Waals surface area contributed by atoms with Gasteiger partial charge in [-0.2, -0.15) is 0 Å². The van der Waals surface area contributed by atoms with Crippen molar-refractivity contribution in [3.05, 3.63) is 89.0 Å². The fourth-order valence-corrected chi connectivity index (χ4v) is 5.64. The summed E-state index contributed by atoms with van der Waals surface area (Å²) in [5.41, 5.74) is 5.80. The van der Waals surface area contributed by atoms with E-state index in [1.165, 1.54) is 0 Å². The molecule has 0 aliphatic rings. The molecule has 0 aliphatic heterocycles. The van der Waals surface area contributed by atoms with Crippen LogP contribution in [-0.2, 0) is 16.3 Å². The van der Waals surface area contributed by atoms with Gasteiger partial charge in [0.1, 0.15) is 5.25 Å². The van der Waals surface area contributed by atoms with E-state index in [0.29, 0.717) is 4.90 Å². The van der Waals surface area contributed by atoms with Crippen LogP contribution < -0.4 is 9.80 Å². The maximum absolute atomic E-state index is 13.9. The Balaban J connectivity index is 2.23. The first-order valence-corrected chi connectivity index (χ1v) is 12.1. The van der Waals surface area contributed by atoms with Crippen molar-refractivity contribution in [2.45, 2.75) is 30.4 Å². The van der Waals surface area contributed by atoms with Crippen molar-refractivity contribution < 1.29 is 8.42 Å². The summed E-state index contributed by atoms with van der Waals surface area (Å²) < 4.78 is 27.9. The van der Waals surface area contributed by atoms with Crippen LogP contribution in [-0.4, -0.2) is 36.6 Å². The lowest BCUT2D eigenvalue weighted by atomic mass is 9.96. The van der Waals surface area contributed by atoms with Crippen molar-refractivity contribution in [3.63, 3.8) is 0 Å². The van der Waals surface area contributed by atoms with Crippen molar-refractivity contribution in [1.29, 1.82) is 0 Å². The second-order valence-electron chi connectivity index (χ2n) is 8.36. The molecular formula is C26H32N2O2S. The zero-order chi connectivity index (χ0) is 22.8. The molecule has 3 rings (SSSR count). The van der Waals surface area contributed by atoms with Gasteiger partial charge in [0.2, 0.25) is 0 Å². The van der Waals surface area contributed by atoms with E-state index >= 15 is 0 Å². The molecule has 0 N–H and O–H groups in total. The summed E-state index contributed by atoms with van der Waals surface area (Å²) in [5.74, 6) is 0. The number of aryl methyl sites for hydroxylation is 2. The van der Waals surface area contributed by atoms with Gasteiger partial charge in [-0.3, -0.25) is 0 Å². The Morgan fingerprint density at radius 1 is 0.774 bits per heavy atom. The van der Waals surface area contributed by atoms with Crippen LogP contribution in [0.4, 0.5) is 11.4 Å². The Labute approximate surface area is 187 Å². The van der Waals surface area contributed by atoms with E-state index < -0.39 is 15.1 Å². The van der Waals surface area contributed by atoms with Crippen LogP contribution in [0.1, 0.15) is 34.4 Å². The Morgan fingerprint density at radius 3 is 1.84 bits per heavy atom. The molecule has 0 fully saturated rings. The number of rotatable bonds is 7. The minimum atomic E-state index is -3.65. The summed E-state index contributed by atoms with van der Waals surface area (Å²) in [5, 5.41) is -0.766. The Morgan fingerprint density at radius 2 is 1.32 bits per heavy atom. The molecule has 1 unspecified atom stereocenters.